The van der Waals surface area contributed by atoms with Crippen molar-refractivity contribution in [1.29, 1.82) is 0 Å². The first-order valence-corrected chi connectivity index (χ1v) is 14.0. The lowest BCUT2D eigenvalue weighted by Crippen LogP contribution is -2.29. The summed E-state index contributed by atoms with van der Waals surface area (Å²) in [6, 6.07) is 26.5. The van der Waals surface area contributed by atoms with Crippen molar-refractivity contribution in [1.82, 2.24) is 9.88 Å². The summed E-state index contributed by atoms with van der Waals surface area (Å²) in [4.78, 5) is 21.7. The van der Waals surface area contributed by atoms with Crippen LogP contribution >= 0.6 is 35.1 Å². The number of thiophene rings is 1. The van der Waals surface area contributed by atoms with E-state index in [1.165, 1.54) is 16.0 Å². The summed E-state index contributed by atoms with van der Waals surface area (Å²) in [7, 11) is 0. The van der Waals surface area contributed by atoms with Gasteiger partial charge in [-0.1, -0.05) is 54.6 Å². The number of aromatic nitrogens is 1. The van der Waals surface area contributed by atoms with Crippen molar-refractivity contribution in [3.8, 4) is 16.3 Å². The number of halogens is 1. The summed E-state index contributed by atoms with van der Waals surface area (Å²) in [5.41, 5.74) is 5.79. The lowest BCUT2D eigenvalue weighted by molar-refractivity contribution is -0.118. The average molecular weight is 562 g/mol. The molecule has 0 saturated heterocycles. The van der Waals surface area contributed by atoms with E-state index in [4.69, 9.17) is 9.72 Å². The molecular weight excluding hydrogens is 534 g/mol. The summed E-state index contributed by atoms with van der Waals surface area (Å²) in [5.74, 6) is 0.534. The molecule has 0 unspecified atom stereocenters. The third-order valence-corrected chi connectivity index (χ3v) is 8.69. The number of benzene rings is 3. The number of rotatable bonds is 7. The predicted molar refractivity (Wildman–Crippen MR) is 160 cm³/mol. The molecular formula is C30H28ClN3O2S2. The molecule has 3 aromatic carbocycles. The van der Waals surface area contributed by atoms with E-state index in [0.29, 0.717) is 5.75 Å². The standard InChI is InChI=1S/C30H27N3O2S2.ClH/c1-20-8-7-11-22(16-20)35-19-27(34)32-30-28(29-31-24-12-5-6-13-25(24)36-29)23-14-15-33(18-26(23)37-30)17-21-9-3-2-4-10-21;/h2-13,16H,14-15,17-19H2,1H3,(H,32,34);1H. The molecule has 38 heavy (non-hydrogen) atoms. The number of hydrogen-bond acceptors (Lipinski definition) is 6. The minimum absolute atomic E-state index is 0. The highest BCUT2D eigenvalue weighted by Crippen LogP contribution is 2.45. The number of para-hydroxylation sites is 1. The summed E-state index contributed by atoms with van der Waals surface area (Å²) in [6.07, 6.45) is 0.930. The number of nitrogens with zero attached hydrogens (tertiary/aromatic N) is 2. The van der Waals surface area contributed by atoms with Crippen molar-refractivity contribution in [2.45, 2.75) is 26.4 Å². The largest absolute Gasteiger partial charge is 0.484 e. The third kappa shape index (κ3) is 5.76. The minimum Gasteiger partial charge on any atom is -0.484 e. The van der Waals surface area contributed by atoms with Gasteiger partial charge in [0.05, 0.1) is 10.2 Å². The van der Waals surface area contributed by atoms with E-state index >= 15 is 0 Å². The lowest BCUT2D eigenvalue weighted by Gasteiger charge is -2.27. The molecule has 0 aliphatic carbocycles. The molecule has 194 valence electrons. The van der Waals surface area contributed by atoms with E-state index in [2.05, 4.69) is 46.6 Å². The zero-order chi connectivity index (χ0) is 25.2. The molecule has 0 spiro atoms. The molecule has 0 fully saturated rings. The van der Waals surface area contributed by atoms with Gasteiger partial charge >= 0.3 is 0 Å². The van der Waals surface area contributed by atoms with Gasteiger partial charge in [0.15, 0.2) is 6.61 Å². The molecule has 8 heteroatoms. The maximum absolute atomic E-state index is 13.0. The highest BCUT2D eigenvalue weighted by molar-refractivity contribution is 7.22. The second-order valence-electron chi connectivity index (χ2n) is 9.29. The molecule has 1 aliphatic rings. The zero-order valence-corrected chi connectivity index (χ0v) is 23.4. The van der Waals surface area contributed by atoms with Gasteiger partial charge in [0.2, 0.25) is 0 Å². The van der Waals surface area contributed by atoms with Crippen molar-refractivity contribution in [2.75, 3.05) is 18.5 Å². The van der Waals surface area contributed by atoms with E-state index in [9.17, 15) is 4.79 Å². The molecule has 1 aliphatic heterocycles. The fraction of sp³-hybridized carbons (Fsp3) is 0.200. The summed E-state index contributed by atoms with van der Waals surface area (Å²) in [6.45, 7) is 4.73. The van der Waals surface area contributed by atoms with Crippen molar-refractivity contribution in [2.24, 2.45) is 0 Å². The molecule has 5 nitrogen and oxygen atoms in total. The number of thiazole rings is 1. The summed E-state index contributed by atoms with van der Waals surface area (Å²) < 4.78 is 6.92. The van der Waals surface area contributed by atoms with Crippen LogP contribution in [-0.4, -0.2) is 28.9 Å². The number of carbonyl (C=O) groups excluding carboxylic acids is 1. The molecule has 0 radical (unpaired) electrons. The van der Waals surface area contributed by atoms with Crippen LogP contribution in [0.2, 0.25) is 0 Å². The molecule has 6 rings (SSSR count). The molecule has 1 amide bonds. The van der Waals surface area contributed by atoms with Gasteiger partial charge in [-0.25, -0.2) is 4.98 Å². The van der Waals surface area contributed by atoms with Crippen LogP contribution in [0.3, 0.4) is 0 Å². The van der Waals surface area contributed by atoms with Crippen LogP contribution in [0.4, 0.5) is 5.00 Å². The number of carbonyl (C=O) groups is 1. The Labute approximate surface area is 236 Å². The first kappa shape index (κ1) is 26.4. The topological polar surface area (TPSA) is 54.5 Å². The Morgan fingerprint density at radius 1 is 1.03 bits per heavy atom. The first-order valence-electron chi connectivity index (χ1n) is 12.4. The Hall–Kier alpha value is -3.23. The van der Waals surface area contributed by atoms with Crippen LogP contribution in [0.25, 0.3) is 20.8 Å². The zero-order valence-electron chi connectivity index (χ0n) is 21.0. The second-order valence-corrected chi connectivity index (χ2v) is 11.4. The predicted octanol–water partition coefficient (Wildman–Crippen LogP) is 7.33. The maximum Gasteiger partial charge on any atom is 0.262 e. The number of fused-ring (bicyclic) bond motifs is 2. The quantitative estimate of drug-likeness (QED) is 0.226. The van der Waals surface area contributed by atoms with Crippen LogP contribution in [0.15, 0.2) is 78.9 Å². The van der Waals surface area contributed by atoms with Crippen molar-refractivity contribution >= 4 is 56.2 Å². The van der Waals surface area contributed by atoms with E-state index in [1.807, 2.05) is 49.4 Å². The first-order chi connectivity index (χ1) is 18.1. The van der Waals surface area contributed by atoms with Gasteiger partial charge in [0.1, 0.15) is 15.8 Å². The number of nitrogens with one attached hydrogen (secondary N) is 1. The van der Waals surface area contributed by atoms with Gasteiger partial charge in [-0.15, -0.1) is 35.1 Å². The van der Waals surface area contributed by atoms with Crippen molar-refractivity contribution in [3.05, 3.63) is 100 Å². The maximum atomic E-state index is 13.0. The highest BCUT2D eigenvalue weighted by atomic mass is 35.5. The molecule has 2 aromatic heterocycles. The van der Waals surface area contributed by atoms with E-state index < -0.39 is 0 Å². The van der Waals surface area contributed by atoms with Gasteiger partial charge in [-0.2, -0.15) is 0 Å². The van der Waals surface area contributed by atoms with Gasteiger partial charge in [-0.05, 0) is 54.3 Å². The van der Waals surface area contributed by atoms with Crippen molar-refractivity contribution in [3.63, 3.8) is 0 Å². The normalized spacial score (nSPS) is 13.1. The molecule has 5 aromatic rings. The van der Waals surface area contributed by atoms with Crippen LogP contribution in [-0.2, 0) is 24.3 Å². The number of hydrogen-bond donors (Lipinski definition) is 1. The highest BCUT2D eigenvalue weighted by Gasteiger charge is 2.28. The Kier molecular flexibility index (Phi) is 8.09. The number of anilines is 1. The lowest BCUT2D eigenvalue weighted by atomic mass is 10.0. The van der Waals surface area contributed by atoms with E-state index in [1.54, 1.807) is 22.7 Å². The van der Waals surface area contributed by atoms with Gasteiger partial charge < -0.3 is 10.1 Å². The molecule has 0 bridgehead atoms. The number of ether oxygens (including phenoxy) is 1. The molecule has 0 atom stereocenters. The van der Waals surface area contributed by atoms with E-state index in [-0.39, 0.29) is 24.9 Å². The summed E-state index contributed by atoms with van der Waals surface area (Å²) in [5, 5.41) is 4.99. The van der Waals surface area contributed by atoms with Gasteiger partial charge in [0, 0.05) is 30.1 Å². The third-order valence-electron chi connectivity index (χ3n) is 6.51. The van der Waals surface area contributed by atoms with E-state index in [0.717, 1.165) is 57.4 Å². The molecule has 3 heterocycles. The smallest absolute Gasteiger partial charge is 0.262 e. The Bertz CT molecular complexity index is 1530. The fourth-order valence-electron chi connectivity index (χ4n) is 4.74. The second kappa shape index (κ2) is 11.7. The van der Waals surface area contributed by atoms with Gasteiger partial charge in [-0.3, -0.25) is 9.69 Å². The van der Waals surface area contributed by atoms with Gasteiger partial charge in [0.25, 0.3) is 5.91 Å². The SMILES string of the molecule is Cc1cccc(OCC(=O)Nc2sc3c(c2-c2nc4ccccc4s2)CCN(Cc2ccccc2)C3)c1.Cl. The Morgan fingerprint density at radius 2 is 1.84 bits per heavy atom. The van der Waals surface area contributed by atoms with Crippen LogP contribution in [0.5, 0.6) is 5.75 Å². The Morgan fingerprint density at radius 3 is 2.66 bits per heavy atom. The van der Waals surface area contributed by atoms with Crippen LogP contribution in [0, 0.1) is 6.92 Å². The average Bonchev–Trinajstić information content (AvgIpc) is 3.48. The summed E-state index contributed by atoms with van der Waals surface area (Å²) >= 11 is 3.35. The Balaban J connectivity index is 0.00000294. The number of amides is 1. The number of aryl methyl sites for hydroxylation is 1. The molecule has 0 saturated carbocycles. The van der Waals surface area contributed by atoms with Crippen molar-refractivity contribution < 1.29 is 9.53 Å². The minimum atomic E-state index is -0.163. The van der Waals surface area contributed by atoms with Crippen LogP contribution in [0.1, 0.15) is 21.6 Å². The monoisotopic (exact) mass is 561 g/mol. The van der Waals surface area contributed by atoms with Crippen LogP contribution < -0.4 is 10.1 Å². The molecule has 1 N–H and O–H groups in total. The fourth-order valence-corrected chi connectivity index (χ4v) is 7.16.